The first-order valence-electron chi connectivity index (χ1n) is 13.3. The van der Waals surface area contributed by atoms with Crippen LogP contribution in [-0.2, 0) is 32.8 Å². The second kappa shape index (κ2) is 15.1. The number of amides is 2. The summed E-state index contributed by atoms with van der Waals surface area (Å²) in [5, 5.41) is 3.50. The molecular weight excluding hydrogens is 585 g/mol. The van der Waals surface area contributed by atoms with Gasteiger partial charge in [-0.25, -0.2) is 8.42 Å². The van der Waals surface area contributed by atoms with E-state index in [9.17, 15) is 18.0 Å². The van der Waals surface area contributed by atoms with E-state index in [1.807, 2.05) is 37.3 Å². The quantitative estimate of drug-likeness (QED) is 0.234. The first-order chi connectivity index (χ1) is 19.5. The monoisotopic (exact) mass is 619 g/mol. The van der Waals surface area contributed by atoms with Crippen molar-refractivity contribution in [2.75, 3.05) is 23.7 Å². The number of nitrogens with one attached hydrogen (secondary N) is 1. The van der Waals surface area contributed by atoms with Crippen LogP contribution in [0.25, 0.3) is 0 Å². The van der Waals surface area contributed by atoms with Gasteiger partial charge in [-0.1, -0.05) is 72.9 Å². The molecule has 0 aliphatic carbocycles. The summed E-state index contributed by atoms with van der Waals surface area (Å²) in [6.45, 7) is 3.80. The molecule has 41 heavy (non-hydrogen) atoms. The first-order valence-corrected chi connectivity index (χ1v) is 15.9. The highest BCUT2D eigenvalue weighted by atomic mass is 35.5. The predicted molar refractivity (Wildman–Crippen MR) is 164 cm³/mol. The van der Waals surface area contributed by atoms with Crippen LogP contribution in [0.2, 0.25) is 10.0 Å². The Kier molecular flexibility index (Phi) is 11.9. The minimum absolute atomic E-state index is 0.0798. The lowest BCUT2D eigenvalue weighted by atomic mass is 10.1. The van der Waals surface area contributed by atoms with E-state index >= 15 is 0 Å². The van der Waals surface area contributed by atoms with E-state index in [-0.39, 0.29) is 18.1 Å². The third-order valence-corrected chi connectivity index (χ3v) is 8.29. The Labute approximate surface area is 252 Å². The zero-order chi connectivity index (χ0) is 30.0. The van der Waals surface area contributed by atoms with Crippen molar-refractivity contribution >= 4 is 50.7 Å². The maximum atomic E-state index is 13.7. The molecule has 220 valence electrons. The van der Waals surface area contributed by atoms with Crippen LogP contribution in [0, 0.1) is 0 Å². The van der Waals surface area contributed by atoms with Gasteiger partial charge in [0.2, 0.25) is 21.8 Å². The van der Waals surface area contributed by atoms with Crippen molar-refractivity contribution in [2.24, 2.45) is 0 Å². The summed E-state index contributed by atoms with van der Waals surface area (Å²) in [6, 6.07) is 20.1. The van der Waals surface area contributed by atoms with Gasteiger partial charge in [0.25, 0.3) is 0 Å². The highest BCUT2D eigenvalue weighted by molar-refractivity contribution is 7.92. The molecule has 0 aliphatic heterocycles. The maximum absolute atomic E-state index is 13.7. The number of anilines is 1. The molecule has 0 unspecified atom stereocenters. The lowest BCUT2D eigenvalue weighted by molar-refractivity contribution is -0.139. The third kappa shape index (κ3) is 9.38. The number of halogens is 2. The third-order valence-electron chi connectivity index (χ3n) is 6.44. The predicted octanol–water partition coefficient (Wildman–Crippen LogP) is 5.67. The Hall–Kier alpha value is -3.27. The number of benzene rings is 3. The molecule has 3 aromatic carbocycles. The van der Waals surface area contributed by atoms with Crippen LogP contribution in [0.3, 0.4) is 0 Å². The molecule has 0 bridgehead atoms. The van der Waals surface area contributed by atoms with Crippen LogP contribution in [0.1, 0.15) is 37.8 Å². The number of sulfonamides is 1. The SMILES string of the molecule is CCCCNC(=O)[C@@H](C)N(Cc1c(Cl)cccc1Cl)C(=O)CN(c1ccc(OCc2ccccc2)cc1)S(C)(=O)=O. The van der Waals surface area contributed by atoms with E-state index in [0.29, 0.717) is 34.5 Å². The molecule has 0 aliphatic rings. The standard InChI is InChI=1S/C30H35Cl2N3O5S/c1-4-5-18-33-30(37)22(2)34(19-26-27(31)12-9-13-28(26)32)29(36)20-35(41(3,38)39)24-14-16-25(17-15-24)40-21-23-10-7-6-8-11-23/h6-17,22H,4-5,18-21H2,1-3H3,(H,33,37)/t22-/m1/s1. The van der Waals surface area contributed by atoms with Crippen molar-refractivity contribution in [1.82, 2.24) is 10.2 Å². The minimum atomic E-state index is -3.88. The Balaban J connectivity index is 1.84. The Bertz CT molecular complexity index is 1400. The molecule has 11 heteroatoms. The number of carbonyl (C=O) groups is 2. The maximum Gasteiger partial charge on any atom is 0.244 e. The number of hydrogen-bond donors (Lipinski definition) is 1. The topological polar surface area (TPSA) is 96.0 Å². The number of nitrogens with zero attached hydrogens (tertiary/aromatic N) is 2. The average Bonchev–Trinajstić information content (AvgIpc) is 2.94. The fraction of sp³-hybridized carbons (Fsp3) is 0.333. The molecule has 0 spiro atoms. The van der Waals surface area contributed by atoms with Crippen LogP contribution < -0.4 is 14.4 Å². The fourth-order valence-corrected chi connectivity index (χ4v) is 5.40. The Morgan fingerprint density at radius 1 is 0.951 bits per heavy atom. The molecule has 3 aromatic rings. The number of rotatable bonds is 14. The van der Waals surface area contributed by atoms with Crippen LogP contribution in [0.15, 0.2) is 72.8 Å². The number of hydrogen-bond acceptors (Lipinski definition) is 5. The van der Waals surface area contributed by atoms with E-state index in [0.717, 1.165) is 29.0 Å². The highest BCUT2D eigenvalue weighted by Crippen LogP contribution is 2.27. The molecule has 0 saturated heterocycles. The van der Waals surface area contributed by atoms with E-state index in [4.69, 9.17) is 27.9 Å². The van der Waals surface area contributed by atoms with E-state index in [1.165, 1.54) is 4.90 Å². The summed E-state index contributed by atoms with van der Waals surface area (Å²) in [4.78, 5) is 28.0. The first kappa shape index (κ1) is 32.2. The molecule has 3 rings (SSSR count). The van der Waals surface area contributed by atoms with Crippen LogP contribution in [0.5, 0.6) is 5.75 Å². The molecule has 0 fully saturated rings. The molecule has 0 aromatic heterocycles. The molecule has 0 heterocycles. The molecule has 1 N–H and O–H groups in total. The van der Waals surface area contributed by atoms with Gasteiger partial charge in [0.05, 0.1) is 11.9 Å². The Morgan fingerprint density at radius 2 is 1.59 bits per heavy atom. The zero-order valence-electron chi connectivity index (χ0n) is 23.3. The molecule has 2 amide bonds. The van der Waals surface area contributed by atoms with Crippen molar-refractivity contribution in [3.8, 4) is 5.75 Å². The minimum Gasteiger partial charge on any atom is -0.489 e. The fourth-order valence-electron chi connectivity index (χ4n) is 4.04. The van der Waals surface area contributed by atoms with Crippen LogP contribution in [-0.4, -0.2) is 50.5 Å². The van der Waals surface area contributed by atoms with Crippen molar-refractivity contribution in [2.45, 2.75) is 45.9 Å². The van der Waals surface area contributed by atoms with E-state index in [2.05, 4.69) is 5.32 Å². The van der Waals surface area contributed by atoms with Crippen LogP contribution in [0.4, 0.5) is 5.69 Å². The number of ether oxygens (including phenoxy) is 1. The molecule has 0 saturated carbocycles. The summed E-state index contributed by atoms with van der Waals surface area (Å²) >= 11 is 12.8. The van der Waals surface area contributed by atoms with Gasteiger partial charge in [0, 0.05) is 28.7 Å². The molecule has 0 radical (unpaired) electrons. The van der Waals surface area contributed by atoms with Crippen molar-refractivity contribution < 1.29 is 22.7 Å². The summed E-state index contributed by atoms with van der Waals surface area (Å²) in [6.07, 6.45) is 2.71. The molecule has 1 atom stereocenters. The van der Waals surface area contributed by atoms with Gasteiger partial charge in [-0.15, -0.1) is 0 Å². The lowest BCUT2D eigenvalue weighted by Crippen LogP contribution is -2.51. The summed E-state index contributed by atoms with van der Waals surface area (Å²) in [5.74, 6) is -0.403. The second-order valence-electron chi connectivity index (χ2n) is 9.58. The summed E-state index contributed by atoms with van der Waals surface area (Å²) in [5.41, 5.74) is 1.73. The van der Waals surface area contributed by atoms with Gasteiger partial charge in [-0.05, 0) is 55.3 Å². The highest BCUT2D eigenvalue weighted by Gasteiger charge is 2.31. The normalized spacial score (nSPS) is 11.9. The van der Waals surface area contributed by atoms with Gasteiger partial charge in [0.1, 0.15) is 24.9 Å². The average molecular weight is 621 g/mol. The number of unbranched alkanes of at least 4 members (excludes halogenated alkanes) is 1. The van der Waals surface area contributed by atoms with Crippen molar-refractivity contribution in [1.29, 1.82) is 0 Å². The van der Waals surface area contributed by atoms with Gasteiger partial charge in [-0.3, -0.25) is 13.9 Å². The van der Waals surface area contributed by atoms with Crippen LogP contribution >= 0.6 is 23.2 Å². The Morgan fingerprint density at radius 3 is 2.17 bits per heavy atom. The smallest absolute Gasteiger partial charge is 0.244 e. The van der Waals surface area contributed by atoms with E-state index in [1.54, 1.807) is 49.4 Å². The lowest BCUT2D eigenvalue weighted by Gasteiger charge is -2.32. The van der Waals surface area contributed by atoms with Crippen molar-refractivity contribution in [3.05, 3.63) is 94.0 Å². The van der Waals surface area contributed by atoms with Gasteiger partial charge in [0.15, 0.2) is 0 Å². The number of carbonyl (C=O) groups excluding carboxylic acids is 2. The second-order valence-corrected chi connectivity index (χ2v) is 12.3. The molecular formula is C30H35Cl2N3O5S. The largest absolute Gasteiger partial charge is 0.489 e. The van der Waals surface area contributed by atoms with Gasteiger partial charge in [-0.2, -0.15) is 0 Å². The summed E-state index contributed by atoms with van der Waals surface area (Å²) in [7, 11) is -3.88. The van der Waals surface area contributed by atoms with E-state index < -0.39 is 28.5 Å². The van der Waals surface area contributed by atoms with Gasteiger partial charge < -0.3 is 15.0 Å². The summed E-state index contributed by atoms with van der Waals surface area (Å²) < 4.78 is 32.5. The molecule has 8 nitrogen and oxygen atoms in total. The van der Waals surface area contributed by atoms with Crippen molar-refractivity contribution in [3.63, 3.8) is 0 Å². The zero-order valence-corrected chi connectivity index (χ0v) is 25.7. The van der Waals surface area contributed by atoms with Gasteiger partial charge >= 0.3 is 0 Å².